The second kappa shape index (κ2) is 3.19. The first-order chi connectivity index (χ1) is 5.17. The van der Waals surface area contributed by atoms with Crippen molar-refractivity contribution in [3.8, 4) is 0 Å². The quantitative estimate of drug-likeness (QED) is 0.683. The number of rotatable bonds is 3. The number of nitrogens with one attached hydrogen (secondary N) is 1. The van der Waals surface area contributed by atoms with Gasteiger partial charge in [-0.15, -0.1) is 0 Å². The highest BCUT2D eigenvalue weighted by atomic mass is 28.4. The predicted molar refractivity (Wildman–Crippen MR) is 47.3 cm³/mol. The van der Waals surface area contributed by atoms with Crippen LogP contribution in [0.5, 0.6) is 0 Å². The fraction of sp³-hybridized carbons (Fsp3) is 0.571. The number of aromatic amines is 1. The van der Waals surface area contributed by atoms with Gasteiger partial charge in [0.1, 0.15) is 0 Å². The summed E-state index contributed by atoms with van der Waals surface area (Å²) in [6.45, 7) is 7.11. The third-order valence-corrected chi connectivity index (χ3v) is 4.23. The zero-order chi connectivity index (χ0) is 8.32. The summed E-state index contributed by atoms with van der Waals surface area (Å²) in [5, 5.41) is 1.15. The molecule has 4 heteroatoms. The molecule has 0 bridgehead atoms. The van der Waals surface area contributed by atoms with Gasteiger partial charge in [0, 0.05) is 18.1 Å². The van der Waals surface area contributed by atoms with E-state index in [4.69, 9.17) is 4.43 Å². The smallest absolute Gasteiger partial charge is 0.236 e. The molecule has 62 valence electrons. The highest BCUT2D eigenvalue weighted by molar-refractivity contribution is 6.83. The number of imidazole rings is 1. The maximum absolute atomic E-state index is 5.64. The molecular formula is C7H14N2OSi. The molecular weight excluding hydrogens is 156 g/mol. The minimum absolute atomic E-state index is 0.776. The number of hydrogen-bond acceptors (Lipinski definition) is 2. The number of aromatic nitrogens is 2. The van der Waals surface area contributed by atoms with Crippen LogP contribution >= 0.6 is 0 Å². The molecule has 1 aromatic heterocycles. The molecule has 1 N–H and O–H groups in total. The minimum atomic E-state index is -1.65. The summed E-state index contributed by atoms with van der Waals surface area (Å²) in [6.07, 6.45) is 3.55. The summed E-state index contributed by atoms with van der Waals surface area (Å²) in [6, 6.07) is 0. The van der Waals surface area contributed by atoms with Crippen molar-refractivity contribution in [3.63, 3.8) is 0 Å². The molecule has 0 aromatic carbocycles. The standard InChI is InChI=1S/C7H14N2OSi/c1-4-10-11(2,3)7-5-8-6-9-7/h5-6H,4H2,1-3H3,(H,8,9). The summed E-state index contributed by atoms with van der Waals surface area (Å²) in [7, 11) is -1.65. The predicted octanol–water partition coefficient (Wildman–Crippen LogP) is 0.858. The van der Waals surface area contributed by atoms with Crippen molar-refractivity contribution in [3.05, 3.63) is 12.5 Å². The van der Waals surface area contributed by atoms with Gasteiger partial charge in [0.25, 0.3) is 0 Å². The topological polar surface area (TPSA) is 37.9 Å². The van der Waals surface area contributed by atoms with Crippen LogP contribution in [0.3, 0.4) is 0 Å². The third-order valence-electron chi connectivity index (χ3n) is 1.65. The maximum Gasteiger partial charge on any atom is 0.236 e. The Balaban J connectivity index is 2.73. The van der Waals surface area contributed by atoms with Crippen molar-refractivity contribution in [1.29, 1.82) is 0 Å². The first kappa shape index (κ1) is 8.48. The molecule has 0 amide bonds. The summed E-state index contributed by atoms with van der Waals surface area (Å²) in [5.41, 5.74) is 0. The van der Waals surface area contributed by atoms with Crippen molar-refractivity contribution < 1.29 is 4.43 Å². The Morgan fingerprint density at radius 3 is 2.82 bits per heavy atom. The highest BCUT2D eigenvalue weighted by Crippen LogP contribution is 2.01. The Labute approximate surface area is 67.9 Å². The van der Waals surface area contributed by atoms with E-state index in [2.05, 4.69) is 23.1 Å². The second-order valence-electron chi connectivity index (χ2n) is 2.91. The van der Waals surface area contributed by atoms with Gasteiger partial charge >= 0.3 is 0 Å². The van der Waals surface area contributed by atoms with Crippen molar-refractivity contribution in [2.45, 2.75) is 20.0 Å². The molecule has 11 heavy (non-hydrogen) atoms. The van der Waals surface area contributed by atoms with E-state index in [-0.39, 0.29) is 0 Å². The lowest BCUT2D eigenvalue weighted by atomic mass is 10.9. The molecule has 0 aliphatic carbocycles. The van der Waals surface area contributed by atoms with Crippen LogP contribution in [0, 0.1) is 0 Å². The lowest BCUT2D eigenvalue weighted by Gasteiger charge is -2.19. The number of H-pyrrole nitrogens is 1. The molecule has 1 aromatic rings. The number of nitrogens with zero attached hydrogens (tertiary/aromatic N) is 1. The molecule has 1 heterocycles. The van der Waals surface area contributed by atoms with Gasteiger partial charge in [0.2, 0.25) is 8.32 Å². The van der Waals surface area contributed by atoms with Crippen LogP contribution in [0.15, 0.2) is 12.5 Å². The third kappa shape index (κ3) is 1.91. The van der Waals surface area contributed by atoms with Gasteiger partial charge in [-0.25, -0.2) is 4.98 Å². The van der Waals surface area contributed by atoms with Gasteiger partial charge < -0.3 is 9.41 Å². The molecule has 0 saturated carbocycles. The summed E-state index contributed by atoms with van der Waals surface area (Å²) >= 11 is 0. The van der Waals surface area contributed by atoms with Crippen LogP contribution in [0.1, 0.15) is 6.92 Å². The molecule has 0 aliphatic heterocycles. The lowest BCUT2D eigenvalue weighted by molar-refractivity contribution is 0.338. The van der Waals surface area contributed by atoms with Crippen LogP contribution in [0.2, 0.25) is 13.1 Å². The largest absolute Gasteiger partial charge is 0.412 e. The molecule has 0 spiro atoms. The van der Waals surface area contributed by atoms with Crippen molar-refractivity contribution in [1.82, 2.24) is 9.97 Å². The van der Waals surface area contributed by atoms with Crippen LogP contribution in [0.25, 0.3) is 0 Å². The van der Waals surface area contributed by atoms with Gasteiger partial charge in [0.05, 0.1) is 6.33 Å². The van der Waals surface area contributed by atoms with Crippen LogP contribution in [0.4, 0.5) is 0 Å². The fourth-order valence-electron chi connectivity index (χ4n) is 1.02. The van der Waals surface area contributed by atoms with Gasteiger partial charge in [-0.3, -0.25) is 0 Å². The minimum Gasteiger partial charge on any atom is -0.412 e. The Morgan fingerprint density at radius 1 is 1.64 bits per heavy atom. The molecule has 0 unspecified atom stereocenters. The first-order valence-corrected chi connectivity index (χ1v) is 6.70. The van der Waals surface area contributed by atoms with Crippen molar-refractivity contribution in [2.24, 2.45) is 0 Å². The zero-order valence-electron chi connectivity index (χ0n) is 7.22. The molecule has 0 fully saturated rings. The fourth-order valence-corrected chi connectivity index (χ4v) is 2.70. The average Bonchev–Trinajstić information content (AvgIpc) is 2.37. The molecule has 3 nitrogen and oxygen atoms in total. The lowest BCUT2D eigenvalue weighted by Crippen LogP contribution is -2.45. The van der Waals surface area contributed by atoms with E-state index in [9.17, 15) is 0 Å². The van der Waals surface area contributed by atoms with Crippen LogP contribution < -0.4 is 5.32 Å². The Hall–Kier alpha value is -0.613. The SMILES string of the molecule is CCO[Si](C)(C)c1cnc[nH]1. The van der Waals surface area contributed by atoms with E-state index in [1.54, 1.807) is 6.33 Å². The van der Waals surface area contributed by atoms with Crippen molar-refractivity contribution >= 4 is 13.6 Å². The van der Waals surface area contributed by atoms with Crippen molar-refractivity contribution in [2.75, 3.05) is 6.61 Å². The zero-order valence-corrected chi connectivity index (χ0v) is 8.22. The Kier molecular flexibility index (Phi) is 2.46. The molecule has 1 rings (SSSR count). The number of hydrogen-bond donors (Lipinski definition) is 1. The van der Waals surface area contributed by atoms with E-state index in [1.807, 2.05) is 13.1 Å². The summed E-state index contributed by atoms with van der Waals surface area (Å²) < 4.78 is 5.64. The molecule has 0 atom stereocenters. The average molecular weight is 170 g/mol. The maximum atomic E-state index is 5.64. The van der Waals surface area contributed by atoms with E-state index in [0.29, 0.717) is 0 Å². The molecule has 0 radical (unpaired) electrons. The Bertz CT molecular complexity index is 208. The Morgan fingerprint density at radius 2 is 2.36 bits per heavy atom. The van der Waals surface area contributed by atoms with E-state index in [0.717, 1.165) is 11.9 Å². The van der Waals surface area contributed by atoms with Gasteiger partial charge in [-0.2, -0.15) is 0 Å². The highest BCUT2D eigenvalue weighted by Gasteiger charge is 2.25. The summed E-state index contributed by atoms with van der Waals surface area (Å²) in [5.74, 6) is 0. The van der Waals surface area contributed by atoms with Crippen LogP contribution in [-0.4, -0.2) is 24.9 Å². The second-order valence-corrected chi connectivity index (χ2v) is 6.76. The van der Waals surface area contributed by atoms with Crippen LogP contribution in [-0.2, 0) is 4.43 Å². The molecule has 0 aliphatic rings. The normalized spacial score (nSPS) is 11.9. The molecule has 0 saturated heterocycles. The summed E-state index contributed by atoms with van der Waals surface area (Å²) in [4.78, 5) is 7.06. The van der Waals surface area contributed by atoms with E-state index >= 15 is 0 Å². The van der Waals surface area contributed by atoms with E-state index in [1.165, 1.54) is 0 Å². The van der Waals surface area contributed by atoms with E-state index < -0.39 is 8.32 Å². The van der Waals surface area contributed by atoms with Gasteiger partial charge in [-0.05, 0) is 20.0 Å². The van der Waals surface area contributed by atoms with Gasteiger partial charge in [0.15, 0.2) is 0 Å². The first-order valence-electron chi connectivity index (χ1n) is 3.79. The van der Waals surface area contributed by atoms with Gasteiger partial charge in [-0.1, -0.05) is 0 Å². The monoisotopic (exact) mass is 170 g/mol.